The van der Waals surface area contributed by atoms with Gasteiger partial charge in [0.15, 0.2) is 6.29 Å². The van der Waals surface area contributed by atoms with Gasteiger partial charge < -0.3 is 50.0 Å². The molecule has 2 fully saturated rings. The van der Waals surface area contributed by atoms with Crippen molar-refractivity contribution in [3.8, 4) is 0 Å². The van der Waals surface area contributed by atoms with E-state index in [2.05, 4.69) is 6.92 Å². The lowest BCUT2D eigenvalue weighted by atomic mass is 9.97. The molecule has 0 unspecified atom stereocenters. The smallest absolute Gasteiger partial charge is 0.187 e. The molecule has 0 saturated carbocycles. The SMILES string of the molecule is CCCCCCCCCS[C@@H]1O[C@H](CO)[C@@H](O[C@H]2O[C@H](CO)[C@@H](O)[C@H](O)[C@H]2O)[C@H](O)[C@H]1O. The molecule has 2 saturated heterocycles. The zero-order chi connectivity index (χ0) is 23.7. The lowest BCUT2D eigenvalue weighted by molar-refractivity contribution is -0.338. The van der Waals surface area contributed by atoms with Gasteiger partial charge in [0, 0.05) is 0 Å². The molecule has 0 aromatic heterocycles. The molecule has 0 spiro atoms. The Bertz CT molecular complexity index is 511. The second-order valence-electron chi connectivity index (χ2n) is 8.50. The predicted octanol–water partition coefficient (Wildman–Crippen LogP) is -0.906. The van der Waals surface area contributed by atoms with Gasteiger partial charge in [0.1, 0.15) is 54.3 Å². The van der Waals surface area contributed by atoms with Crippen LogP contribution in [0, 0.1) is 0 Å². The molecule has 0 radical (unpaired) electrons. The van der Waals surface area contributed by atoms with E-state index in [-0.39, 0.29) is 0 Å². The molecular weight excluding hydrogens is 444 g/mol. The van der Waals surface area contributed by atoms with Crippen LogP contribution in [0.5, 0.6) is 0 Å². The normalized spacial score (nSPS) is 40.5. The molecule has 0 amide bonds. The summed E-state index contributed by atoms with van der Waals surface area (Å²) in [5, 5.41) is 70.1. The molecule has 2 aliphatic rings. The van der Waals surface area contributed by atoms with Crippen LogP contribution in [0.25, 0.3) is 0 Å². The lowest BCUT2D eigenvalue weighted by Crippen LogP contribution is -2.64. The van der Waals surface area contributed by atoms with Gasteiger partial charge in [-0.2, -0.15) is 0 Å². The first-order chi connectivity index (χ1) is 15.3. The van der Waals surface area contributed by atoms with Crippen molar-refractivity contribution < 1.29 is 50.0 Å². The maximum absolute atomic E-state index is 10.6. The van der Waals surface area contributed by atoms with Gasteiger partial charge in [-0.1, -0.05) is 45.4 Å². The number of aliphatic hydroxyl groups excluding tert-OH is 7. The first-order valence-electron chi connectivity index (χ1n) is 11.6. The molecule has 2 aliphatic heterocycles. The minimum atomic E-state index is -1.67. The molecular formula is C21H40O10S. The molecule has 10 nitrogen and oxygen atoms in total. The maximum Gasteiger partial charge on any atom is 0.187 e. The quantitative estimate of drug-likeness (QED) is 0.162. The monoisotopic (exact) mass is 484 g/mol. The van der Waals surface area contributed by atoms with Crippen LogP contribution in [0.3, 0.4) is 0 Å². The Labute approximate surface area is 193 Å². The van der Waals surface area contributed by atoms with Crippen LogP contribution in [0.1, 0.15) is 51.9 Å². The van der Waals surface area contributed by atoms with Gasteiger partial charge in [0.25, 0.3) is 0 Å². The highest BCUT2D eigenvalue weighted by atomic mass is 32.2. The first kappa shape index (κ1) is 28.2. The van der Waals surface area contributed by atoms with E-state index in [4.69, 9.17) is 14.2 Å². The maximum atomic E-state index is 10.6. The van der Waals surface area contributed by atoms with Crippen LogP contribution in [0.2, 0.25) is 0 Å². The molecule has 0 bridgehead atoms. The zero-order valence-corrected chi connectivity index (χ0v) is 19.4. The van der Waals surface area contributed by atoms with Crippen LogP contribution in [0.4, 0.5) is 0 Å². The van der Waals surface area contributed by atoms with Gasteiger partial charge in [-0.25, -0.2) is 0 Å². The zero-order valence-electron chi connectivity index (χ0n) is 18.6. The number of hydrogen-bond acceptors (Lipinski definition) is 11. The van der Waals surface area contributed by atoms with E-state index in [0.717, 1.165) is 25.0 Å². The van der Waals surface area contributed by atoms with E-state index < -0.39 is 73.8 Å². The number of aliphatic hydroxyl groups is 7. The molecule has 7 N–H and O–H groups in total. The van der Waals surface area contributed by atoms with E-state index in [0.29, 0.717) is 0 Å². The number of thioether (sulfide) groups is 1. The number of hydrogen-bond donors (Lipinski definition) is 7. The third-order valence-electron chi connectivity index (χ3n) is 5.99. The molecule has 10 atom stereocenters. The Morgan fingerprint density at radius 3 is 1.94 bits per heavy atom. The number of rotatable bonds is 13. The Morgan fingerprint density at radius 2 is 1.31 bits per heavy atom. The van der Waals surface area contributed by atoms with Crippen molar-refractivity contribution in [2.45, 2.75) is 112 Å². The number of ether oxygens (including phenoxy) is 3. The fourth-order valence-corrected chi connectivity index (χ4v) is 5.13. The van der Waals surface area contributed by atoms with Gasteiger partial charge in [-0.15, -0.1) is 11.8 Å². The van der Waals surface area contributed by atoms with Crippen LogP contribution in [-0.2, 0) is 14.2 Å². The molecule has 11 heteroatoms. The summed E-state index contributed by atoms with van der Waals surface area (Å²) in [5.74, 6) is 0.735. The molecule has 32 heavy (non-hydrogen) atoms. The van der Waals surface area contributed by atoms with E-state index in [9.17, 15) is 35.7 Å². The van der Waals surface area contributed by atoms with Crippen LogP contribution in [-0.4, -0.2) is 115 Å². The number of unbranched alkanes of at least 4 members (excludes halogenated alkanes) is 6. The van der Waals surface area contributed by atoms with Gasteiger partial charge in [-0.3, -0.25) is 0 Å². The average Bonchev–Trinajstić information content (AvgIpc) is 2.79. The fraction of sp³-hybridized carbons (Fsp3) is 1.00. The second kappa shape index (κ2) is 14.4. The van der Waals surface area contributed by atoms with Crippen LogP contribution in [0.15, 0.2) is 0 Å². The van der Waals surface area contributed by atoms with Crippen molar-refractivity contribution in [2.75, 3.05) is 19.0 Å². The lowest BCUT2D eigenvalue weighted by Gasteiger charge is -2.46. The highest BCUT2D eigenvalue weighted by Crippen LogP contribution is 2.33. The summed E-state index contributed by atoms with van der Waals surface area (Å²) in [7, 11) is 0. The standard InChI is InChI=1S/C21H40O10S/c1-2-3-4-5-6-7-8-9-32-21-18(28)16(26)19(13(11-23)30-21)31-20-17(27)15(25)14(24)12(10-22)29-20/h12-28H,2-11H2,1H3/t12-,13-,14-,15+,16-,17-,18-,19-,20-,21+/m1/s1. The Balaban J connectivity index is 1.86. The van der Waals surface area contributed by atoms with Crippen LogP contribution >= 0.6 is 11.8 Å². The fourth-order valence-electron chi connectivity index (χ4n) is 3.95. The third kappa shape index (κ3) is 7.47. The third-order valence-corrected chi connectivity index (χ3v) is 7.23. The minimum absolute atomic E-state index is 0.514. The molecule has 0 aromatic rings. The van der Waals surface area contributed by atoms with Crippen molar-refractivity contribution in [1.82, 2.24) is 0 Å². The Morgan fingerprint density at radius 1 is 0.688 bits per heavy atom. The summed E-state index contributed by atoms with van der Waals surface area (Å²) in [6.45, 7) is 1.04. The summed E-state index contributed by atoms with van der Waals surface area (Å²) in [6.07, 6.45) is -4.45. The van der Waals surface area contributed by atoms with Crippen LogP contribution < -0.4 is 0 Å². The minimum Gasteiger partial charge on any atom is -0.394 e. The summed E-state index contributed by atoms with van der Waals surface area (Å²) in [4.78, 5) is 0. The molecule has 0 aliphatic carbocycles. The summed E-state index contributed by atoms with van der Waals surface area (Å²) < 4.78 is 16.6. The molecule has 190 valence electrons. The highest BCUT2D eigenvalue weighted by Gasteiger charge is 2.50. The second-order valence-corrected chi connectivity index (χ2v) is 9.70. The summed E-state index contributed by atoms with van der Waals surface area (Å²) in [5.41, 5.74) is -0.753. The summed E-state index contributed by atoms with van der Waals surface area (Å²) in [6, 6.07) is 0. The van der Waals surface area contributed by atoms with Crippen molar-refractivity contribution in [3.05, 3.63) is 0 Å². The van der Waals surface area contributed by atoms with Gasteiger partial charge in [0.05, 0.1) is 13.2 Å². The van der Waals surface area contributed by atoms with E-state index in [1.54, 1.807) is 0 Å². The Hall–Kier alpha value is -0.0500. The van der Waals surface area contributed by atoms with E-state index in [1.165, 1.54) is 37.4 Å². The largest absolute Gasteiger partial charge is 0.394 e. The molecule has 2 heterocycles. The van der Waals surface area contributed by atoms with Gasteiger partial charge in [-0.05, 0) is 12.2 Å². The summed E-state index contributed by atoms with van der Waals surface area (Å²) >= 11 is 1.36. The van der Waals surface area contributed by atoms with Crippen molar-refractivity contribution in [1.29, 1.82) is 0 Å². The topological polar surface area (TPSA) is 169 Å². The van der Waals surface area contributed by atoms with E-state index >= 15 is 0 Å². The Kier molecular flexibility index (Phi) is 12.7. The molecule has 2 rings (SSSR count). The van der Waals surface area contributed by atoms with Crippen molar-refractivity contribution in [2.24, 2.45) is 0 Å². The average molecular weight is 485 g/mol. The van der Waals surface area contributed by atoms with Crippen molar-refractivity contribution >= 4 is 11.8 Å². The van der Waals surface area contributed by atoms with Gasteiger partial charge >= 0.3 is 0 Å². The van der Waals surface area contributed by atoms with E-state index in [1.807, 2.05) is 0 Å². The van der Waals surface area contributed by atoms with Crippen molar-refractivity contribution in [3.63, 3.8) is 0 Å². The first-order valence-corrected chi connectivity index (χ1v) is 12.6. The molecule has 0 aromatic carbocycles. The van der Waals surface area contributed by atoms with Gasteiger partial charge in [0.2, 0.25) is 0 Å². The predicted molar refractivity (Wildman–Crippen MR) is 117 cm³/mol. The highest BCUT2D eigenvalue weighted by molar-refractivity contribution is 7.99.